The number of esters is 1. The normalized spacial score (nSPS) is 11.1. The SMILES string of the molecule is CCOC(=O)c1c(C)[nH]c(C(=O)/C=C/c2cc(OC)c(OC(F)F)cc2[N+](=O)[O-])c1C. The smallest absolute Gasteiger partial charge is 0.387 e. The Bertz CT molecular complexity index is 1040. The van der Waals surface area contributed by atoms with E-state index < -0.39 is 34.7 Å². The second-order valence-electron chi connectivity index (χ2n) is 6.24. The average Bonchev–Trinajstić information content (AvgIpc) is 3.00. The Kier molecular flexibility index (Phi) is 7.46. The van der Waals surface area contributed by atoms with Gasteiger partial charge in [0.25, 0.3) is 5.69 Å². The van der Waals surface area contributed by atoms with E-state index in [9.17, 15) is 28.5 Å². The first-order valence-corrected chi connectivity index (χ1v) is 9.00. The molecule has 11 heteroatoms. The number of halogens is 2. The molecule has 0 aliphatic carbocycles. The molecule has 0 bridgehead atoms. The van der Waals surface area contributed by atoms with Crippen LogP contribution in [0, 0.1) is 24.0 Å². The molecule has 0 saturated carbocycles. The number of nitrogens with zero attached hydrogens (tertiary/aromatic N) is 1. The molecule has 2 aromatic rings. The van der Waals surface area contributed by atoms with E-state index in [1.54, 1.807) is 20.8 Å². The summed E-state index contributed by atoms with van der Waals surface area (Å²) in [6, 6.07) is 1.90. The third-order valence-electron chi connectivity index (χ3n) is 4.30. The predicted molar refractivity (Wildman–Crippen MR) is 106 cm³/mol. The zero-order valence-corrected chi connectivity index (χ0v) is 17.2. The van der Waals surface area contributed by atoms with Gasteiger partial charge in [-0.2, -0.15) is 8.78 Å². The number of benzene rings is 1. The number of ether oxygens (including phenoxy) is 3. The van der Waals surface area contributed by atoms with E-state index in [2.05, 4.69) is 9.72 Å². The second-order valence-corrected chi connectivity index (χ2v) is 6.24. The largest absolute Gasteiger partial charge is 0.493 e. The number of nitrogens with one attached hydrogen (secondary N) is 1. The number of carbonyl (C=O) groups is 2. The Morgan fingerprint density at radius 3 is 2.48 bits per heavy atom. The lowest BCUT2D eigenvalue weighted by atomic mass is 10.1. The van der Waals surface area contributed by atoms with E-state index in [0.29, 0.717) is 11.3 Å². The maximum atomic E-state index is 12.6. The summed E-state index contributed by atoms with van der Waals surface area (Å²) in [6.45, 7) is 1.80. The molecular weight excluding hydrogens is 418 g/mol. The molecule has 31 heavy (non-hydrogen) atoms. The lowest BCUT2D eigenvalue weighted by Gasteiger charge is -2.10. The molecule has 166 valence electrons. The third-order valence-corrected chi connectivity index (χ3v) is 4.30. The van der Waals surface area contributed by atoms with Crippen molar-refractivity contribution in [1.82, 2.24) is 4.98 Å². The molecule has 2 rings (SSSR count). The fraction of sp³-hybridized carbons (Fsp3) is 0.300. The minimum atomic E-state index is -3.20. The van der Waals surface area contributed by atoms with Crippen LogP contribution in [0.1, 0.15) is 44.6 Å². The van der Waals surface area contributed by atoms with Gasteiger partial charge in [-0.1, -0.05) is 0 Å². The fourth-order valence-electron chi connectivity index (χ4n) is 2.96. The van der Waals surface area contributed by atoms with Crippen molar-refractivity contribution in [2.45, 2.75) is 27.4 Å². The molecule has 0 radical (unpaired) electrons. The van der Waals surface area contributed by atoms with Gasteiger partial charge in [0, 0.05) is 5.69 Å². The third kappa shape index (κ3) is 5.24. The lowest BCUT2D eigenvalue weighted by molar-refractivity contribution is -0.385. The van der Waals surface area contributed by atoms with E-state index >= 15 is 0 Å². The van der Waals surface area contributed by atoms with E-state index in [1.165, 1.54) is 7.11 Å². The van der Waals surface area contributed by atoms with Crippen molar-refractivity contribution in [3.05, 3.63) is 56.4 Å². The Morgan fingerprint density at radius 1 is 1.26 bits per heavy atom. The molecular formula is C20H20F2N2O7. The van der Waals surface area contributed by atoms with Crippen LogP contribution >= 0.6 is 0 Å². The molecule has 0 spiro atoms. The van der Waals surface area contributed by atoms with Crippen LogP contribution in [0.2, 0.25) is 0 Å². The number of ketones is 1. The number of aromatic amines is 1. The zero-order valence-electron chi connectivity index (χ0n) is 17.2. The second kappa shape index (κ2) is 9.83. The molecule has 0 unspecified atom stereocenters. The lowest BCUT2D eigenvalue weighted by Crippen LogP contribution is -2.07. The summed E-state index contributed by atoms with van der Waals surface area (Å²) < 4.78 is 39.3. The van der Waals surface area contributed by atoms with Crippen molar-refractivity contribution >= 4 is 23.5 Å². The maximum absolute atomic E-state index is 12.6. The summed E-state index contributed by atoms with van der Waals surface area (Å²) in [4.78, 5) is 38.1. The van der Waals surface area contributed by atoms with Gasteiger partial charge < -0.3 is 19.2 Å². The number of nitro groups is 1. The monoisotopic (exact) mass is 438 g/mol. The standard InChI is InChI=1S/C20H20F2N2O7/c1-5-30-19(26)17-10(2)18(23-11(17)3)14(25)7-6-12-8-15(29-4)16(31-20(21)22)9-13(12)24(27)28/h6-9,20,23H,5H2,1-4H3/b7-6+. The highest BCUT2D eigenvalue weighted by atomic mass is 19.3. The van der Waals surface area contributed by atoms with E-state index in [-0.39, 0.29) is 29.2 Å². The number of alkyl halides is 2. The van der Waals surface area contributed by atoms with Gasteiger partial charge in [-0.3, -0.25) is 14.9 Å². The van der Waals surface area contributed by atoms with Crippen molar-refractivity contribution in [3.63, 3.8) is 0 Å². The number of aryl methyl sites for hydroxylation is 1. The van der Waals surface area contributed by atoms with Gasteiger partial charge in [-0.05, 0) is 44.6 Å². The molecule has 0 amide bonds. The Balaban J connectivity index is 2.43. The Hall–Kier alpha value is -3.76. The number of H-pyrrole nitrogens is 1. The minimum absolute atomic E-state index is 0.0663. The van der Waals surface area contributed by atoms with Crippen LogP contribution in [0.4, 0.5) is 14.5 Å². The number of allylic oxidation sites excluding steroid dienone is 1. The molecule has 1 heterocycles. The van der Waals surface area contributed by atoms with Gasteiger partial charge in [-0.15, -0.1) is 0 Å². The van der Waals surface area contributed by atoms with Gasteiger partial charge >= 0.3 is 12.6 Å². The predicted octanol–water partition coefficient (Wildman–Crippen LogP) is 4.22. The first-order chi connectivity index (χ1) is 14.6. The summed E-state index contributed by atoms with van der Waals surface area (Å²) in [5, 5.41) is 11.4. The van der Waals surface area contributed by atoms with Gasteiger partial charge in [0.1, 0.15) is 0 Å². The number of hydrogen-bond acceptors (Lipinski definition) is 7. The highest BCUT2D eigenvalue weighted by Crippen LogP contribution is 2.36. The summed E-state index contributed by atoms with van der Waals surface area (Å²) in [5.41, 5.74) is 0.534. The van der Waals surface area contributed by atoms with Crippen molar-refractivity contribution in [3.8, 4) is 11.5 Å². The van der Waals surface area contributed by atoms with Crippen LogP contribution in [0.3, 0.4) is 0 Å². The summed E-state index contributed by atoms with van der Waals surface area (Å²) in [5.74, 6) is -1.82. The highest BCUT2D eigenvalue weighted by molar-refractivity contribution is 6.09. The van der Waals surface area contributed by atoms with Gasteiger partial charge in [0.2, 0.25) is 5.78 Å². The zero-order chi connectivity index (χ0) is 23.3. The number of rotatable bonds is 9. The van der Waals surface area contributed by atoms with E-state index in [0.717, 1.165) is 24.3 Å². The summed E-state index contributed by atoms with van der Waals surface area (Å²) in [7, 11) is 1.18. The summed E-state index contributed by atoms with van der Waals surface area (Å²) in [6.07, 6.45) is 2.21. The number of hydrogen-bond donors (Lipinski definition) is 1. The fourth-order valence-corrected chi connectivity index (χ4v) is 2.96. The molecule has 0 aliphatic rings. The van der Waals surface area contributed by atoms with Gasteiger partial charge in [0.05, 0.1) is 41.5 Å². The van der Waals surface area contributed by atoms with E-state index in [4.69, 9.17) is 9.47 Å². The molecule has 0 atom stereocenters. The molecule has 0 saturated heterocycles. The Labute approximate surface area is 175 Å². The number of nitro benzene ring substituents is 1. The molecule has 9 nitrogen and oxygen atoms in total. The van der Waals surface area contributed by atoms with Gasteiger partial charge in [-0.25, -0.2) is 4.79 Å². The molecule has 1 N–H and O–H groups in total. The topological polar surface area (TPSA) is 121 Å². The first kappa shape index (κ1) is 23.5. The van der Waals surface area contributed by atoms with Crippen molar-refractivity contribution in [2.75, 3.05) is 13.7 Å². The van der Waals surface area contributed by atoms with Crippen molar-refractivity contribution < 1.29 is 37.5 Å². The molecule has 0 aliphatic heterocycles. The molecule has 0 fully saturated rings. The quantitative estimate of drug-likeness (QED) is 0.205. The minimum Gasteiger partial charge on any atom is -0.493 e. The average molecular weight is 438 g/mol. The van der Waals surface area contributed by atoms with Crippen LogP contribution < -0.4 is 9.47 Å². The van der Waals surface area contributed by atoms with Crippen molar-refractivity contribution in [1.29, 1.82) is 0 Å². The number of carbonyl (C=O) groups excluding carboxylic acids is 2. The van der Waals surface area contributed by atoms with Crippen LogP contribution in [0.15, 0.2) is 18.2 Å². The first-order valence-electron chi connectivity index (χ1n) is 9.00. The van der Waals surface area contributed by atoms with Crippen LogP contribution in [0.5, 0.6) is 11.5 Å². The van der Waals surface area contributed by atoms with Gasteiger partial charge in [0.15, 0.2) is 11.5 Å². The maximum Gasteiger partial charge on any atom is 0.387 e. The van der Waals surface area contributed by atoms with Crippen LogP contribution in [-0.4, -0.2) is 42.0 Å². The van der Waals surface area contributed by atoms with Crippen LogP contribution in [0.25, 0.3) is 6.08 Å². The van der Waals surface area contributed by atoms with Crippen molar-refractivity contribution in [2.24, 2.45) is 0 Å². The molecule has 1 aromatic heterocycles. The highest BCUT2D eigenvalue weighted by Gasteiger charge is 2.23. The summed E-state index contributed by atoms with van der Waals surface area (Å²) >= 11 is 0. The van der Waals surface area contributed by atoms with Crippen LogP contribution in [-0.2, 0) is 4.74 Å². The number of aromatic nitrogens is 1. The Morgan fingerprint density at radius 2 is 1.94 bits per heavy atom. The van der Waals surface area contributed by atoms with E-state index in [1.807, 2.05) is 0 Å². The molecule has 1 aromatic carbocycles. The number of methoxy groups -OCH3 is 1.